The van der Waals surface area contributed by atoms with E-state index in [0.29, 0.717) is 16.1 Å². The summed E-state index contributed by atoms with van der Waals surface area (Å²) in [4.78, 5) is 0. The lowest BCUT2D eigenvalue weighted by molar-refractivity contribution is 0.445. The van der Waals surface area contributed by atoms with Gasteiger partial charge in [-0.25, -0.2) is 0 Å². The molecule has 94 valence electrons. The normalized spacial score (nSPS) is 17.1. The number of hydrogen-bond acceptors (Lipinski definition) is 1. The minimum absolute atomic E-state index is 0.609. The lowest BCUT2D eigenvalue weighted by atomic mass is 10.1. The standard InChI is InChI=1S/C14H19Cl2N/c1-2-12(8-10-6-7-10)17-9-11-4-3-5-13(15)14(11)16/h3-5,10,12,17H,2,6-9H2,1H3. The summed E-state index contributed by atoms with van der Waals surface area (Å²) in [7, 11) is 0. The van der Waals surface area contributed by atoms with E-state index >= 15 is 0 Å². The van der Waals surface area contributed by atoms with Gasteiger partial charge in [0.2, 0.25) is 0 Å². The van der Waals surface area contributed by atoms with Crippen LogP contribution < -0.4 is 5.32 Å². The van der Waals surface area contributed by atoms with Crippen LogP contribution in [-0.4, -0.2) is 6.04 Å². The first kappa shape index (κ1) is 13.2. The first-order chi connectivity index (χ1) is 8.20. The molecule has 0 amide bonds. The molecule has 1 fully saturated rings. The van der Waals surface area contributed by atoms with Crippen molar-refractivity contribution in [2.75, 3.05) is 0 Å². The summed E-state index contributed by atoms with van der Waals surface area (Å²) in [6.45, 7) is 3.05. The maximum absolute atomic E-state index is 6.17. The van der Waals surface area contributed by atoms with Gasteiger partial charge in [0.15, 0.2) is 0 Å². The third-order valence-corrected chi connectivity index (χ3v) is 4.28. The third kappa shape index (κ3) is 3.87. The number of rotatable bonds is 6. The number of benzene rings is 1. The van der Waals surface area contributed by atoms with Crippen molar-refractivity contribution in [2.24, 2.45) is 5.92 Å². The van der Waals surface area contributed by atoms with Crippen LogP contribution in [0.3, 0.4) is 0 Å². The molecule has 0 aromatic heterocycles. The topological polar surface area (TPSA) is 12.0 Å². The zero-order chi connectivity index (χ0) is 12.3. The monoisotopic (exact) mass is 271 g/mol. The fraction of sp³-hybridized carbons (Fsp3) is 0.571. The molecule has 1 aliphatic rings. The summed E-state index contributed by atoms with van der Waals surface area (Å²) in [6.07, 6.45) is 5.30. The van der Waals surface area contributed by atoms with Gasteiger partial charge in [0, 0.05) is 12.6 Å². The van der Waals surface area contributed by atoms with Crippen molar-refractivity contribution in [1.82, 2.24) is 5.32 Å². The predicted molar refractivity (Wildman–Crippen MR) is 74.7 cm³/mol. The molecule has 1 aliphatic carbocycles. The van der Waals surface area contributed by atoms with Crippen LogP contribution in [-0.2, 0) is 6.54 Å². The van der Waals surface area contributed by atoms with E-state index in [0.717, 1.165) is 18.0 Å². The van der Waals surface area contributed by atoms with Gasteiger partial charge in [-0.15, -0.1) is 0 Å². The Hall–Kier alpha value is -0.240. The smallest absolute Gasteiger partial charge is 0.0637 e. The summed E-state index contributed by atoms with van der Waals surface area (Å²) < 4.78 is 0. The van der Waals surface area contributed by atoms with E-state index in [1.165, 1.54) is 25.7 Å². The molecular formula is C14H19Cl2N. The molecule has 0 heterocycles. The van der Waals surface area contributed by atoms with Crippen LogP contribution in [0.2, 0.25) is 10.0 Å². The Kier molecular flexibility index (Phi) is 4.72. The largest absolute Gasteiger partial charge is 0.310 e. The fourth-order valence-electron chi connectivity index (χ4n) is 2.09. The van der Waals surface area contributed by atoms with Crippen LogP contribution in [0.5, 0.6) is 0 Å². The first-order valence-corrected chi connectivity index (χ1v) is 7.12. The summed E-state index contributed by atoms with van der Waals surface area (Å²) >= 11 is 12.2. The Bertz CT molecular complexity index is 374. The fourth-order valence-corrected chi connectivity index (χ4v) is 2.48. The van der Waals surface area contributed by atoms with E-state index in [1.54, 1.807) is 0 Å². The van der Waals surface area contributed by atoms with Crippen molar-refractivity contribution >= 4 is 23.2 Å². The second-order valence-corrected chi connectivity index (χ2v) is 5.66. The van der Waals surface area contributed by atoms with Gasteiger partial charge in [-0.1, -0.05) is 55.1 Å². The predicted octanol–water partition coefficient (Wildman–Crippen LogP) is 4.66. The highest BCUT2D eigenvalue weighted by atomic mass is 35.5. The minimum atomic E-state index is 0.609. The summed E-state index contributed by atoms with van der Waals surface area (Å²) in [6, 6.07) is 6.42. The molecule has 1 saturated carbocycles. The molecule has 3 heteroatoms. The SMILES string of the molecule is CCC(CC1CC1)NCc1cccc(Cl)c1Cl. The van der Waals surface area contributed by atoms with Gasteiger partial charge >= 0.3 is 0 Å². The molecule has 1 N–H and O–H groups in total. The van der Waals surface area contributed by atoms with Gasteiger partial charge in [-0.05, 0) is 30.4 Å². The van der Waals surface area contributed by atoms with E-state index in [1.807, 2.05) is 18.2 Å². The number of hydrogen-bond donors (Lipinski definition) is 1. The average molecular weight is 272 g/mol. The van der Waals surface area contributed by atoms with Crippen LogP contribution in [0.1, 0.15) is 38.2 Å². The summed E-state index contributed by atoms with van der Waals surface area (Å²) in [5.41, 5.74) is 1.09. The molecule has 1 aromatic carbocycles. The Morgan fingerprint density at radius 3 is 2.76 bits per heavy atom. The Morgan fingerprint density at radius 1 is 1.35 bits per heavy atom. The van der Waals surface area contributed by atoms with Crippen LogP contribution >= 0.6 is 23.2 Å². The second-order valence-electron chi connectivity index (χ2n) is 4.88. The zero-order valence-electron chi connectivity index (χ0n) is 10.2. The van der Waals surface area contributed by atoms with Gasteiger partial charge in [-0.2, -0.15) is 0 Å². The first-order valence-electron chi connectivity index (χ1n) is 6.37. The quantitative estimate of drug-likeness (QED) is 0.794. The van der Waals surface area contributed by atoms with Crippen LogP contribution in [0.25, 0.3) is 0 Å². The minimum Gasteiger partial charge on any atom is -0.310 e. The highest BCUT2D eigenvalue weighted by Gasteiger charge is 2.24. The number of halogens is 2. The van der Waals surface area contributed by atoms with Crippen molar-refractivity contribution in [2.45, 2.75) is 45.2 Å². The molecule has 0 bridgehead atoms. The molecule has 0 radical (unpaired) electrons. The molecule has 0 spiro atoms. The van der Waals surface area contributed by atoms with Crippen molar-refractivity contribution in [1.29, 1.82) is 0 Å². The highest BCUT2D eigenvalue weighted by Crippen LogP contribution is 2.34. The summed E-state index contributed by atoms with van der Waals surface area (Å²) in [5, 5.41) is 4.91. The van der Waals surface area contributed by atoms with Gasteiger partial charge in [0.25, 0.3) is 0 Å². The molecule has 1 unspecified atom stereocenters. The van der Waals surface area contributed by atoms with Crippen molar-refractivity contribution < 1.29 is 0 Å². The van der Waals surface area contributed by atoms with Gasteiger partial charge in [0.1, 0.15) is 0 Å². The molecule has 2 rings (SSSR count). The van der Waals surface area contributed by atoms with Gasteiger partial charge < -0.3 is 5.32 Å². The molecule has 1 atom stereocenters. The van der Waals surface area contributed by atoms with Crippen LogP contribution in [0, 0.1) is 5.92 Å². The Morgan fingerprint density at radius 2 is 2.12 bits per heavy atom. The van der Waals surface area contributed by atoms with Crippen molar-refractivity contribution in [3.8, 4) is 0 Å². The van der Waals surface area contributed by atoms with E-state index < -0.39 is 0 Å². The molecule has 0 saturated heterocycles. The molecule has 0 aliphatic heterocycles. The average Bonchev–Trinajstić information content (AvgIpc) is 3.13. The molecule has 1 nitrogen and oxygen atoms in total. The van der Waals surface area contributed by atoms with Gasteiger partial charge in [-0.3, -0.25) is 0 Å². The lowest BCUT2D eigenvalue weighted by Gasteiger charge is -2.17. The summed E-state index contributed by atoms with van der Waals surface area (Å²) in [5.74, 6) is 0.960. The van der Waals surface area contributed by atoms with Crippen LogP contribution in [0.15, 0.2) is 18.2 Å². The van der Waals surface area contributed by atoms with E-state index in [4.69, 9.17) is 23.2 Å². The van der Waals surface area contributed by atoms with Crippen molar-refractivity contribution in [3.63, 3.8) is 0 Å². The van der Waals surface area contributed by atoms with Crippen molar-refractivity contribution in [3.05, 3.63) is 33.8 Å². The zero-order valence-corrected chi connectivity index (χ0v) is 11.7. The van der Waals surface area contributed by atoms with E-state index in [9.17, 15) is 0 Å². The van der Waals surface area contributed by atoms with Crippen LogP contribution in [0.4, 0.5) is 0 Å². The molecular weight excluding hydrogens is 253 g/mol. The Balaban J connectivity index is 1.88. The van der Waals surface area contributed by atoms with Gasteiger partial charge in [0.05, 0.1) is 10.0 Å². The van der Waals surface area contributed by atoms with E-state index in [-0.39, 0.29) is 0 Å². The maximum atomic E-state index is 6.17. The Labute approximate surface area is 114 Å². The maximum Gasteiger partial charge on any atom is 0.0637 e. The highest BCUT2D eigenvalue weighted by molar-refractivity contribution is 6.42. The molecule has 17 heavy (non-hydrogen) atoms. The second kappa shape index (κ2) is 6.08. The third-order valence-electron chi connectivity index (χ3n) is 3.42. The molecule has 1 aromatic rings. The van der Waals surface area contributed by atoms with E-state index in [2.05, 4.69) is 12.2 Å². The lowest BCUT2D eigenvalue weighted by Crippen LogP contribution is -2.28. The number of nitrogens with one attached hydrogen (secondary N) is 1.